The summed E-state index contributed by atoms with van der Waals surface area (Å²) in [5.41, 5.74) is 7.07. The second-order valence-electron chi connectivity index (χ2n) is 6.87. The summed E-state index contributed by atoms with van der Waals surface area (Å²) in [6.45, 7) is 6.02. The average molecular weight is 256 g/mol. The summed E-state index contributed by atoms with van der Waals surface area (Å²) >= 11 is 0. The molecule has 2 heteroatoms. The number of nitrogens with one attached hydrogen (secondary N) is 1. The lowest BCUT2D eigenvalue weighted by atomic mass is 9.65. The zero-order valence-corrected chi connectivity index (χ0v) is 12.3. The third-order valence-corrected chi connectivity index (χ3v) is 6.27. The zero-order chi connectivity index (χ0) is 13.2. The molecule has 2 aliphatic carbocycles. The molecule has 0 saturated carbocycles. The minimum Gasteiger partial charge on any atom is -0.391 e. The van der Waals surface area contributed by atoms with Crippen LogP contribution in [0.3, 0.4) is 0 Å². The number of allylic oxidation sites excluding steroid dienone is 3. The summed E-state index contributed by atoms with van der Waals surface area (Å²) < 4.78 is 0. The predicted octanol–water partition coefficient (Wildman–Crippen LogP) is 3.20. The molecule has 0 aromatic carbocycles. The number of hydrogen-bond acceptors (Lipinski definition) is 2. The summed E-state index contributed by atoms with van der Waals surface area (Å²) in [7, 11) is 2.32. The second-order valence-corrected chi connectivity index (χ2v) is 6.87. The van der Waals surface area contributed by atoms with E-state index in [-0.39, 0.29) is 5.41 Å². The van der Waals surface area contributed by atoms with E-state index in [0.29, 0.717) is 12.0 Å². The first-order valence-electron chi connectivity index (χ1n) is 7.72. The molecule has 2 aliphatic heterocycles. The molecule has 4 aliphatic rings. The average Bonchev–Trinajstić information content (AvgIpc) is 2.69. The largest absolute Gasteiger partial charge is 0.391 e. The highest BCUT2D eigenvalue weighted by Gasteiger charge is 2.49. The van der Waals surface area contributed by atoms with Gasteiger partial charge in [0.15, 0.2) is 0 Å². The Bertz CT molecular complexity index is 525. The van der Waals surface area contributed by atoms with Crippen molar-refractivity contribution >= 4 is 0 Å². The monoisotopic (exact) mass is 256 g/mol. The van der Waals surface area contributed by atoms with Crippen molar-refractivity contribution in [2.24, 2.45) is 11.3 Å². The summed E-state index contributed by atoms with van der Waals surface area (Å²) in [5.74, 6) is 0.689. The van der Waals surface area contributed by atoms with Gasteiger partial charge in [-0.1, -0.05) is 25.5 Å². The van der Waals surface area contributed by atoms with Crippen LogP contribution in [-0.4, -0.2) is 24.5 Å². The highest BCUT2D eigenvalue weighted by atomic mass is 15.2. The van der Waals surface area contributed by atoms with Gasteiger partial charge in [-0.2, -0.15) is 0 Å². The van der Waals surface area contributed by atoms with Crippen LogP contribution in [0.25, 0.3) is 0 Å². The van der Waals surface area contributed by atoms with Crippen molar-refractivity contribution in [3.05, 3.63) is 34.7 Å². The Morgan fingerprint density at radius 3 is 2.95 bits per heavy atom. The lowest BCUT2D eigenvalue weighted by Crippen LogP contribution is -2.43. The molecule has 0 spiro atoms. The van der Waals surface area contributed by atoms with E-state index in [1.807, 2.05) is 0 Å². The SMILES string of the molecule is CC1C2CC3=C(CCC4=C3CCN/C=C\C41C)N2C. The Morgan fingerprint density at radius 1 is 1.26 bits per heavy atom. The van der Waals surface area contributed by atoms with Gasteiger partial charge in [0.25, 0.3) is 0 Å². The van der Waals surface area contributed by atoms with Gasteiger partial charge >= 0.3 is 0 Å². The summed E-state index contributed by atoms with van der Waals surface area (Å²) in [6.07, 6.45) is 9.70. The van der Waals surface area contributed by atoms with Crippen molar-refractivity contribution in [1.82, 2.24) is 10.2 Å². The molecular weight excluding hydrogens is 232 g/mol. The number of likely N-dealkylation sites (tertiary alicyclic amines) is 1. The van der Waals surface area contributed by atoms with Crippen molar-refractivity contribution in [1.29, 1.82) is 0 Å². The van der Waals surface area contributed by atoms with Gasteiger partial charge in [-0.15, -0.1) is 0 Å². The van der Waals surface area contributed by atoms with Crippen molar-refractivity contribution < 1.29 is 0 Å². The lowest BCUT2D eigenvalue weighted by molar-refractivity contribution is 0.160. The van der Waals surface area contributed by atoms with Crippen LogP contribution in [0.4, 0.5) is 0 Å². The molecule has 0 aromatic rings. The second kappa shape index (κ2) is 3.68. The van der Waals surface area contributed by atoms with E-state index in [2.05, 4.69) is 43.4 Å². The minimum atomic E-state index is 0.245. The molecular formula is C17H24N2. The minimum absolute atomic E-state index is 0.245. The topological polar surface area (TPSA) is 15.3 Å². The third-order valence-electron chi connectivity index (χ3n) is 6.27. The Hall–Kier alpha value is -1.18. The van der Waals surface area contributed by atoms with E-state index in [1.165, 1.54) is 25.7 Å². The zero-order valence-electron chi connectivity index (χ0n) is 12.3. The van der Waals surface area contributed by atoms with E-state index in [4.69, 9.17) is 0 Å². The van der Waals surface area contributed by atoms with Gasteiger partial charge in [0.2, 0.25) is 0 Å². The fourth-order valence-electron chi connectivity index (χ4n) is 4.93. The van der Waals surface area contributed by atoms with E-state index in [9.17, 15) is 0 Å². The first kappa shape index (κ1) is 11.6. The molecule has 2 nitrogen and oxygen atoms in total. The van der Waals surface area contributed by atoms with Crippen LogP contribution in [0.15, 0.2) is 34.7 Å². The molecule has 3 atom stereocenters. The van der Waals surface area contributed by atoms with Crippen LogP contribution in [-0.2, 0) is 0 Å². The number of fused-ring (bicyclic) bond motifs is 1. The molecule has 0 aromatic heterocycles. The van der Waals surface area contributed by atoms with Crippen molar-refractivity contribution in [3.8, 4) is 0 Å². The molecule has 4 rings (SSSR count). The Labute approximate surface area is 116 Å². The Morgan fingerprint density at radius 2 is 2.11 bits per heavy atom. The number of nitrogens with zero attached hydrogens (tertiary/aromatic N) is 1. The molecule has 5 bridgehead atoms. The van der Waals surface area contributed by atoms with Crippen LogP contribution in [0.5, 0.6) is 0 Å². The fourth-order valence-corrected chi connectivity index (χ4v) is 4.93. The van der Waals surface area contributed by atoms with Crippen LogP contribution < -0.4 is 5.32 Å². The standard InChI is InChI=1S/C17H24N2/c1-11-16-10-13-12-6-8-18-9-7-17(11,2)14(12)4-5-15(13)19(16)3/h7,9,11,16,18H,4-6,8,10H2,1-3H3/b9-7-. The lowest BCUT2D eigenvalue weighted by Gasteiger charge is -2.46. The quantitative estimate of drug-likeness (QED) is 0.716. The third kappa shape index (κ3) is 1.32. The van der Waals surface area contributed by atoms with Crippen LogP contribution in [0.2, 0.25) is 0 Å². The summed E-state index contributed by atoms with van der Waals surface area (Å²) in [6, 6.07) is 0.700. The molecule has 2 heterocycles. The molecule has 0 fully saturated rings. The van der Waals surface area contributed by atoms with Gasteiger partial charge < -0.3 is 10.2 Å². The van der Waals surface area contributed by atoms with Gasteiger partial charge in [-0.05, 0) is 48.9 Å². The van der Waals surface area contributed by atoms with Gasteiger partial charge in [-0.3, -0.25) is 0 Å². The first-order valence-corrected chi connectivity index (χ1v) is 7.72. The molecule has 3 unspecified atom stereocenters. The van der Waals surface area contributed by atoms with Gasteiger partial charge in [-0.25, -0.2) is 0 Å². The maximum Gasteiger partial charge on any atom is 0.0361 e. The van der Waals surface area contributed by atoms with Gasteiger partial charge in [0.1, 0.15) is 0 Å². The van der Waals surface area contributed by atoms with Crippen molar-refractivity contribution in [2.45, 2.75) is 45.6 Å². The molecule has 1 N–H and O–H groups in total. The summed E-state index contributed by atoms with van der Waals surface area (Å²) in [5, 5.41) is 3.47. The van der Waals surface area contributed by atoms with E-state index < -0.39 is 0 Å². The molecule has 0 radical (unpaired) electrons. The van der Waals surface area contributed by atoms with Crippen LogP contribution in [0.1, 0.15) is 39.5 Å². The fraction of sp³-hybridized carbons (Fsp3) is 0.647. The van der Waals surface area contributed by atoms with E-state index in [1.54, 1.807) is 22.4 Å². The maximum atomic E-state index is 3.47. The van der Waals surface area contributed by atoms with Gasteiger partial charge in [0.05, 0.1) is 0 Å². The maximum absolute atomic E-state index is 3.47. The predicted molar refractivity (Wildman–Crippen MR) is 78.5 cm³/mol. The van der Waals surface area contributed by atoms with Crippen LogP contribution >= 0.6 is 0 Å². The summed E-state index contributed by atoms with van der Waals surface area (Å²) in [4.78, 5) is 2.61. The Balaban J connectivity index is 1.99. The number of rotatable bonds is 0. The Kier molecular flexibility index (Phi) is 2.25. The van der Waals surface area contributed by atoms with E-state index >= 15 is 0 Å². The highest BCUT2D eigenvalue weighted by Crippen LogP contribution is 2.57. The van der Waals surface area contributed by atoms with Crippen LogP contribution in [0, 0.1) is 11.3 Å². The molecule has 0 saturated heterocycles. The normalized spacial score (nSPS) is 41.9. The first-order chi connectivity index (χ1) is 9.13. The molecule has 0 amide bonds. The van der Waals surface area contributed by atoms with Crippen molar-refractivity contribution in [2.75, 3.05) is 13.6 Å². The molecule has 102 valence electrons. The smallest absolute Gasteiger partial charge is 0.0361 e. The highest BCUT2D eigenvalue weighted by molar-refractivity contribution is 5.51. The van der Waals surface area contributed by atoms with Crippen molar-refractivity contribution in [3.63, 3.8) is 0 Å². The molecule has 19 heavy (non-hydrogen) atoms. The number of hydrogen-bond donors (Lipinski definition) is 1. The van der Waals surface area contributed by atoms with E-state index in [0.717, 1.165) is 6.54 Å². The van der Waals surface area contributed by atoms with Gasteiger partial charge in [0, 0.05) is 30.7 Å².